The monoisotopic (exact) mass is 442 g/mol. The van der Waals surface area contributed by atoms with Crippen LogP contribution in [0.3, 0.4) is 0 Å². The molecule has 3 rings (SSSR count). The number of aromatic nitrogens is 1. The third-order valence-electron chi connectivity index (χ3n) is 5.07. The van der Waals surface area contributed by atoms with Gasteiger partial charge < -0.3 is 18.8 Å². The number of hydrogen-bond donors (Lipinski definition) is 0. The summed E-state index contributed by atoms with van der Waals surface area (Å²) < 4.78 is 19.4. The Morgan fingerprint density at radius 1 is 1.10 bits per heavy atom. The Balaban J connectivity index is 1.96. The number of amides is 1. The summed E-state index contributed by atoms with van der Waals surface area (Å²) in [5.41, 5.74) is 3.16. The van der Waals surface area contributed by atoms with Crippen LogP contribution in [-0.2, 0) is 22.5 Å². The van der Waals surface area contributed by atoms with E-state index in [0.29, 0.717) is 42.0 Å². The molecule has 0 aliphatic rings. The quantitative estimate of drug-likeness (QED) is 0.456. The van der Waals surface area contributed by atoms with Gasteiger partial charge in [-0.25, -0.2) is 0 Å². The zero-order chi connectivity index (χ0) is 22.4. The Morgan fingerprint density at radius 3 is 2.39 bits per heavy atom. The molecule has 166 valence electrons. The third-order valence-corrected chi connectivity index (χ3v) is 6.11. The van der Waals surface area contributed by atoms with E-state index in [1.807, 2.05) is 35.8 Å². The molecule has 0 atom stereocenters. The molecule has 0 aliphatic carbocycles. The second-order valence-corrected chi connectivity index (χ2v) is 8.50. The first-order valence-corrected chi connectivity index (χ1v) is 11.3. The summed E-state index contributed by atoms with van der Waals surface area (Å²) in [5, 5.41) is 0. The van der Waals surface area contributed by atoms with Crippen molar-refractivity contribution in [3.8, 4) is 11.5 Å². The fraction of sp³-hybridized carbons (Fsp3) is 0.417. The van der Waals surface area contributed by atoms with Gasteiger partial charge in [-0.15, -0.1) is 0 Å². The molecule has 0 saturated carbocycles. The second-order valence-electron chi connectivity index (χ2n) is 7.49. The molecular weight excluding hydrogens is 412 g/mol. The number of fused-ring (bicyclic) bond motifs is 1. The number of rotatable bonds is 9. The molecule has 1 heterocycles. The third kappa shape index (κ3) is 5.54. The highest BCUT2D eigenvalue weighted by molar-refractivity contribution is 7.16. The van der Waals surface area contributed by atoms with Crippen molar-refractivity contribution in [1.82, 2.24) is 4.57 Å². The van der Waals surface area contributed by atoms with E-state index in [1.54, 1.807) is 14.2 Å². The summed E-state index contributed by atoms with van der Waals surface area (Å²) >= 11 is 1.46. The first-order valence-electron chi connectivity index (χ1n) is 10.5. The van der Waals surface area contributed by atoms with E-state index in [1.165, 1.54) is 16.9 Å². The van der Waals surface area contributed by atoms with Crippen LogP contribution < -0.4 is 14.3 Å². The van der Waals surface area contributed by atoms with E-state index >= 15 is 0 Å². The van der Waals surface area contributed by atoms with Gasteiger partial charge >= 0.3 is 0 Å². The van der Waals surface area contributed by atoms with Crippen molar-refractivity contribution in [3.05, 3.63) is 52.3 Å². The van der Waals surface area contributed by atoms with Crippen LogP contribution in [0.1, 0.15) is 37.8 Å². The maximum Gasteiger partial charge on any atom is 0.252 e. The summed E-state index contributed by atoms with van der Waals surface area (Å²) in [6, 6.07) is 12.0. The number of carbonyl (C=O) groups is 1. The predicted molar refractivity (Wildman–Crippen MR) is 124 cm³/mol. The standard InChI is InChI=1S/C24H30N2O4S/c1-6-30-12-11-26-19-14-20(28-4)21(29-5)15-22(19)31-24(26)25-23(27)13-17-7-9-18(10-8-17)16(2)3/h7-10,14-16H,6,11-13H2,1-5H3. The Kier molecular flexibility index (Phi) is 7.87. The van der Waals surface area contributed by atoms with Gasteiger partial charge in [-0.3, -0.25) is 4.79 Å². The van der Waals surface area contributed by atoms with Gasteiger partial charge in [0.25, 0.3) is 5.91 Å². The van der Waals surface area contributed by atoms with Crippen LogP contribution in [0, 0.1) is 0 Å². The molecule has 1 amide bonds. The van der Waals surface area contributed by atoms with Crippen molar-refractivity contribution in [1.29, 1.82) is 0 Å². The minimum atomic E-state index is -0.173. The fourth-order valence-corrected chi connectivity index (χ4v) is 4.42. The molecule has 6 nitrogen and oxygen atoms in total. The molecule has 2 aromatic carbocycles. The highest BCUT2D eigenvalue weighted by atomic mass is 32.1. The van der Waals surface area contributed by atoms with E-state index in [-0.39, 0.29) is 12.3 Å². The van der Waals surface area contributed by atoms with Crippen LogP contribution in [0.4, 0.5) is 0 Å². The molecule has 0 fully saturated rings. The molecule has 0 aliphatic heterocycles. The molecule has 1 aromatic heterocycles. The van der Waals surface area contributed by atoms with E-state index < -0.39 is 0 Å². The van der Waals surface area contributed by atoms with Crippen LogP contribution in [0.2, 0.25) is 0 Å². The lowest BCUT2D eigenvalue weighted by Gasteiger charge is -2.09. The SMILES string of the molecule is CCOCCn1c(=NC(=O)Cc2ccc(C(C)C)cc2)sc2cc(OC)c(OC)cc21. The Labute approximate surface area is 187 Å². The number of thiazole rings is 1. The van der Waals surface area contributed by atoms with Crippen LogP contribution >= 0.6 is 11.3 Å². The Bertz CT molecular complexity index is 1100. The summed E-state index contributed by atoms with van der Waals surface area (Å²) in [6.45, 7) is 8.04. The molecule has 0 spiro atoms. The lowest BCUT2D eigenvalue weighted by molar-refractivity contribution is -0.117. The molecule has 0 N–H and O–H groups in total. The lowest BCUT2D eigenvalue weighted by atomic mass is 10.0. The minimum Gasteiger partial charge on any atom is -0.493 e. The van der Waals surface area contributed by atoms with Gasteiger partial charge in [0.1, 0.15) is 0 Å². The van der Waals surface area contributed by atoms with Gasteiger partial charge in [0.15, 0.2) is 16.3 Å². The highest BCUT2D eigenvalue weighted by Gasteiger charge is 2.13. The van der Waals surface area contributed by atoms with Crippen molar-refractivity contribution in [2.24, 2.45) is 4.99 Å². The van der Waals surface area contributed by atoms with Gasteiger partial charge in [-0.2, -0.15) is 4.99 Å². The van der Waals surface area contributed by atoms with Gasteiger partial charge in [-0.1, -0.05) is 49.4 Å². The maximum absolute atomic E-state index is 12.8. The molecule has 31 heavy (non-hydrogen) atoms. The number of nitrogens with zero attached hydrogens (tertiary/aromatic N) is 2. The van der Waals surface area contributed by atoms with Crippen LogP contribution in [0.5, 0.6) is 11.5 Å². The van der Waals surface area contributed by atoms with Crippen molar-refractivity contribution in [3.63, 3.8) is 0 Å². The number of carbonyl (C=O) groups excluding carboxylic acids is 1. The Morgan fingerprint density at radius 2 is 1.77 bits per heavy atom. The van der Waals surface area contributed by atoms with Crippen molar-refractivity contribution in [2.45, 2.75) is 39.7 Å². The fourth-order valence-electron chi connectivity index (χ4n) is 3.34. The summed E-state index contributed by atoms with van der Waals surface area (Å²) in [6.07, 6.45) is 0.269. The van der Waals surface area contributed by atoms with E-state index in [9.17, 15) is 4.79 Å². The minimum absolute atomic E-state index is 0.173. The smallest absolute Gasteiger partial charge is 0.252 e. The average Bonchev–Trinajstić information content (AvgIpc) is 3.08. The molecule has 3 aromatic rings. The van der Waals surface area contributed by atoms with E-state index in [4.69, 9.17) is 14.2 Å². The highest BCUT2D eigenvalue weighted by Crippen LogP contribution is 2.33. The van der Waals surface area contributed by atoms with E-state index in [0.717, 1.165) is 15.8 Å². The second kappa shape index (κ2) is 10.6. The normalized spacial score (nSPS) is 12.0. The Hall–Kier alpha value is -2.64. The first-order chi connectivity index (χ1) is 15.0. The zero-order valence-electron chi connectivity index (χ0n) is 18.8. The molecule has 7 heteroatoms. The van der Waals surface area contributed by atoms with Crippen molar-refractivity contribution in [2.75, 3.05) is 27.4 Å². The summed E-state index contributed by atoms with van der Waals surface area (Å²) in [5.74, 6) is 1.58. The average molecular weight is 443 g/mol. The number of benzene rings is 2. The molecule has 0 unspecified atom stereocenters. The van der Waals surface area contributed by atoms with Crippen molar-refractivity contribution < 1.29 is 19.0 Å². The number of methoxy groups -OCH3 is 2. The first kappa shape index (κ1) is 23.0. The largest absolute Gasteiger partial charge is 0.493 e. The van der Waals surface area contributed by atoms with Crippen molar-refractivity contribution >= 4 is 27.5 Å². The van der Waals surface area contributed by atoms with Crippen LogP contribution in [0.25, 0.3) is 10.2 Å². The number of ether oxygens (including phenoxy) is 3. The molecule has 0 bridgehead atoms. The van der Waals surface area contributed by atoms with Crippen LogP contribution in [-0.4, -0.2) is 37.9 Å². The predicted octanol–water partition coefficient (Wildman–Crippen LogP) is 4.55. The van der Waals surface area contributed by atoms with Crippen LogP contribution in [0.15, 0.2) is 41.4 Å². The number of hydrogen-bond acceptors (Lipinski definition) is 5. The molecule has 0 radical (unpaired) electrons. The van der Waals surface area contributed by atoms with Gasteiger partial charge in [0, 0.05) is 25.3 Å². The lowest BCUT2D eigenvalue weighted by Crippen LogP contribution is -2.20. The molecule has 0 saturated heterocycles. The van der Waals surface area contributed by atoms with E-state index in [2.05, 4.69) is 31.0 Å². The van der Waals surface area contributed by atoms with Gasteiger partial charge in [-0.05, 0) is 24.0 Å². The maximum atomic E-state index is 12.8. The topological polar surface area (TPSA) is 62.1 Å². The zero-order valence-corrected chi connectivity index (χ0v) is 19.6. The molecular formula is C24H30N2O4S. The van der Waals surface area contributed by atoms with Gasteiger partial charge in [0.05, 0.1) is 37.5 Å². The summed E-state index contributed by atoms with van der Waals surface area (Å²) in [7, 11) is 3.22. The van der Waals surface area contributed by atoms with Gasteiger partial charge in [0.2, 0.25) is 0 Å². The summed E-state index contributed by atoms with van der Waals surface area (Å²) in [4.78, 5) is 17.8.